The third-order valence-electron chi connectivity index (χ3n) is 2.31. The lowest BCUT2D eigenvalue weighted by Gasteiger charge is -2.16. The summed E-state index contributed by atoms with van der Waals surface area (Å²) in [6.45, 7) is 0. The number of methoxy groups -OCH3 is 1. The van der Waals surface area contributed by atoms with E-state index in [0.29, 0.717) is 16.7 Å². The molecule has 0 aromatic rings. The van der Waals surface area contributed by atoms with E-state index in [4.69, 9.17) is 9.15 Å². The van der Waals surface area contributed by atoms with Gasteiger partial charge in [-0.05, 0) is 18.2 Å². The van der Waals surface area contributed by atoms with E-state index in [2.05, 4.69) is 9.73 Å². The highest BCUT2D eigenvalue weighted by Gasteiger charge is 2.12. The second kappa shape index (κ2) is 4.79. The van der Waals surface area contributed by atoms with Gasteiger partial charge in [0.25, 0.3) is 0 Å². The molecule has 2 rings (SSSR count). The quantitative estimate of drug-likeness (QED) is 0.706. The fraction of sp³-hybridized carbons (Fsp3) is 0.167. The molecule has 0 aromatic carbocycles. The molecule has 0 N–H and O–H groups in total. The lowest BCUT2D eigenvalue weighted by Crippen LogP contribution is -2.10. The normalized spacial score (nSPS) is 11.6. The molecule has 0 amide bonds. The van der Waals surface area contributed by atoms with Gasteiger partial charge in [-0.2, -0.15) is 0 Å². The van der Waals surface area contributed by atoms with Gasteiger partial charge in [0, 0.05) is 24.4 Å². The van der Waals surface area contributed by atoms with Crippen molar-refractivity contribution in [2.24, 2.45) is 4.99 Å². The van der Waals surface area contributed by atoms with Crippen LogP contribution in [0.3, 0.4) is 0 Å². The van der Waals surface area contributed by atoms with Crippen LogP contribution in [-0.2, 0) is 4.74 Å². The maximum absolute atomic E-state index is 11.3. The average molecular weight is 248 g/mol. The number of ether oxygens (including phenoxy) is 2. The Morgan fingerprint density at radius 3 is 2.83 bits per heavy atom. The van der Waals surface area contributed by atoms with Gasteiger partial charge in [-0.1, -0.05) is 0 Å². The predicted molar refractivity (Wildman–Crippen MR) is 59.3 cm³/mol. The van der Waals surface area contributed by atoms with Gasteiger partial charge < -0.3 is 19.0 Å². The molecule has 1 aliphatic carbocycles. The monoisotopic (exact) mass is 248 g/mol. The van der Waals surface area contributed by atoms with Crippen LogP contribution < -0.4 is 15.2 Å². The van der Waals surface area contributed by atoms with Crippen LogP contribution in [-0.4, -0.2) is 20.3 Å². The Hall–Kier alpha value is -2.50. The van der Waals surface area contributed by atoms with Crippen LogP contribution in [0.25, 0.3) is 11.3 Å². The van der Waals surface area contributed by atoms with Crippen molar-refractivity contribution in [3.8, 4) is 23.0 Å². The molecule has 0 spiro atoms. The molecule has 6 nitrogen and oxygen atoms in total. The van der Waals surface area contributed by atoms with Crippen LogP contribution in [0.4, 0.5) is 4.79 Å². The topological polar surface area (TPSA) is 84.1 Å². The van der Waals surface area contributed by atoms with E-state index >= 15 is 0 Å². The minimum absolute atomic E-state index is 0.0933. The number of rotatable bonds is 1. The molecule has 0 saturated heterocycles. The van der Waals surface area contributed by atoms with Gasteiger partial charge >= 0.3 is 6.16 Å². The van der Waals surface area contributed by atoms with E-state index in [0.717, 1.165) is 6.07 Å². The molecule has 0 fully saturated rings. The Bertz CT molecular complexity index is 616. The minimum atomic E-state index is -0.897. The van der Waals surface area contributed by atoms with Crippen LogP contribution in [0.1, 0.15) is 0 Å². The molecule has 18 heavy (non-hydrogen) atoms. The minimum Gasteiger partial charge on any atom is -0.579 e. The molecular weight excluding hydrogens is 238 g/mol. The lowest BCUT2D eigenvalue weighted by molar-refractivity contribution is -0.294. The Balaban J connectivity index is 2.58. The zero-order valence-electron chi connectivity index (χ0n) is 9.80. The molecule has 0 aromatic heterocycles. The second-order valence-corrected chi connectivity index (χ2v) is 3.39. The summed E-state index contributed by atoms with van der Waals surface area (Å²) in [5, 5.41) is 12.0. The van der Waals surface area contributed by atoms with Gasteiger partial charge in [-0.15, -0.1) is 0 Å². The van der Waals surface area contributed by atoms with Crippen molar-refractivity contribution >= 4 is 6.16 Å². The average Bonchev–Trinajstić information content (AvgIpc) is 2.37. The highest BCUT2D eigenvalue weighted by atomic mass is 16.7. The summed E-state index contributed by atoms with van der Waals surface area (Å²) in [7, 11) is 2.80. The molecule has 94 valence electrons. The summed E-state index contributed by atoms with van der Waals surface area (Å²) in [5.41, 5.74) is 0.493. The highest BCUT2D eigenvalue weighted by Crippen LogP contribution is 2.34. The molecular formula is C12H10NO5-. The summed E-state index contributed by atoms with van der Waals surface area (Å²) in [5.74, 6) is -0.227. The number of carbonyl (C=O) groups is 1. The number of nitrogens with zero attached hydrogens (tertiary/aromatic N) is 1. The Labute approximate surface area is 102 Å². The molecule has 0 radical (unpaired) electrons. The summed E-state index contributed by atoms with van der Waals surface area (Å²) >= 11 is 0. The second-order valence-electron chi connectivity index (χ2n) is 3.39. The van der Waals surface area contributed by atoms with Crippen molar-refractivity contribution < 1.29 is 23.8 Å². The van der Waals surface area contributed by atoms with Crippen LogP contribution >= 0.6 is 0 Å². The number of hydrogen-bond acceptors (Lipinski definition) is 6. The van der Waals surface area contributed by atoms with Crippen molar-refractivity contribution in [3.05, 3.63) is 29.6 Å². The zero-order valence-corrected chi connectivity index (χ0v) is 9.80. The van der Waals surface area contributed by atoms with Crippen molar-refractivity contribution in [1.82, 2.24) is 0 Å². The molecule has 0 atom stereocenters. The van der Waals surface area contributed by atoms with E-state index in [-0.39, 0.29) is 5.75 Å². The molecule has 1 heterocycles. The molecule has 0 bridgehead atoms. The van der Waals surface area contributed by atoms with Crippen LogP contribution in [0.5, 0.6) is 11.7 Å². The van der Waals surface area contributed by atoms with Crippen LogP contribution in [0, 0.1) is 0 Å². The van der Waals surface area contributed by atoms with Gasteiger partial charge in [0.05, 0.1) is 18.4 Å². The SMILES string of the molecule is CN=c1ccc2c(OC(=O)OC)cc([O-])oc-2c1. The molecule has 2 aliphatic rings. The first-order valence-electron chi connectivity index (χ1n) is 5.07. The Kier molecular flexibility index (Phi) is 3.18. The van der Waals surface area contributed by atoms with Gasteiger partial charge in [-0.3, -0.25) is 4.99 Å². The summed E-state index contributed by atoms with van der Waals surface area (Å²) < 4.78 is 14.3. The van der Waals surface area contributed by atoms with E-state index in [1.165, 1.54) is 7.11 Å². The first-order valence-corrected chi connectivity index (χ1v) is 5.07. The lowest BCUT2D eigenvalue weighted by atomic mass is 10.1. The van der Waals surface area contributed by atoms with E-state index in [1.807, 2.05) is 0 Å². The number of carbonyl (C=O) groups excluding carboxylic acids is 1. The third kappa shape index (κ3) is 2.27. The molecule has 6 heteroatoms. The number of hydrogen-bond donors (Lipinski definition) is 0. The third-order valence-corrected chi connectivity index (χ3v) is 2.31. The number of fused-ring (bicyclic) bond motifs is 1. The summed E-state index contributed by atoms with van der Waals surface area (Å²) in [6.07, 6.45) is -0.897. The zero-order chi connectivity index (χ0) is 13.1. The van der Waals surface area contributed by atoms with Crippen molar-refractivity contribution in [2.75, 3.05) is 14.2 Å². The van der Waals surface area contributed by atoms with Gasteiger partial charge in [0.2, 0.25) is 0 Å². The smallest absolute Gasteiger partial charge is 0.513 e. The Morgan fingerprint density at radius 1 is 1.39 bits per heavy atom. The molecule has 0 unspecified atom stereocenters. The van der Waals surface area contributed by atoms with Crippen LogP contribution in [0.2, 0.25) is 0 Å². The van der Waals surface area contributed by atoms with Crippen molar-refractivity contribution in [2.45, 2.75) is 0 Å². The van der Waals surface area contributed by atoms with Gasteiger partial charge in [0.1, 0.15) is 5.75 Å². The van der Waals surface area contributed by atoms with Crippen LogP contribution in [0.15, 0.2) is 33.7 Å². The summed E-state index contributed by atoms with van der Waals surface area (Å²) in [6, 6.07) is 6.04. The van der Waals surface area contributed by atoms with Gasteiger partial charge in [0.15, 0.2) is 0 Å². The maximum Gasteiger partial charge on any atom is 0.513 e. The standard InChI is InChI=1S/C12H11NO5/c1-13-7-3-4-8-9(5-7)17-11(14)6-10(8)18-12(15)16-2/h3-6,14H,1-2H3/p-1. The van der Waals surface area contributed by atoms with Crippen molar-refractivity contribution in [1.29, 1.82) is 0 Å². The maximum atomic E-state index is 11.3. The van der Waals surface area contributed by atoms with Crippen molar-refractivity contribution in [3.63, 3.8) is 0 Å². The first-order chi connectivity index (χ1) is 8.63. The Morgan fingerprint density at radius 2 is 2.17 bits per heavy atom. The fourth-order valence-corrected chi connectivity index (χ4v) is 1.48. The van der Waals surface area contributed by atoms with E-state index in [9.17, 15) is 9.90 Å². The summed E-state index contributed by atoms with van der Waals surface area (Å²) in [4.78, 5) is 15.0. The molecule has 1 aliphatic heterocycles. The first kappa shape index (κ1) is 12.0. The molecule has 0 saturated carbocycles. The largest absolute Gasteiger partial charge is 0.579 e. The number of benzene rings is 1. The highest BCUT2D eigenvalue weighted by molar-refractivity contribution is 5.72. The fourth-order valence-electron chi connectivity index (χ4n) is 1.48. The van der Waals surface area contributed by atoms with Gasteiger partial charge in [-0.25, -0.2) is 4.79 Å². The van der Waals surface area contributed by atoms with E-state index in [1.54, 1.807) is 25.2 Å². The van der Waals surface area contributed by atoms with E-state index < -0.39 is 12.1 Å². The predicted octanol–water partition coefficient (Wildman–Crippen LogP) is 1.13.